The summed E-state index contributed by atoms with van der Waals surface area (Å²) in [4.78, 5) is 13.8. The van der Waals surface area contributed by atoms with E-state index in [1.165, 1.54) is 0 Å². The van der Waals surface area contributed by atoms with Gasteiger partial charge in [-0.05, 0) is 20.3 Å². The average Bonchev–Trinajstić information content (AvgIpc) is 2.18. The summed E-state index contributed by atoms with van der Waals surface area (Å²) in [5, 5.41) is 8.85. The highest BCUT2D eigenvalue weighted by molar-refractivity contribution is 8.00. The van der Waals surface area contributed by atoms with Crippen LogP contribution in [0.2, 0.25) is 0 Å². The highest BCUT2D eigenvalue weighted by Gasteiger charge is 2.32. The molecule has 1 fully saturated rings. The molecule has 3 nitrogen and oxygen atoms in total. The van der Waals surface area contributed by atoms with Gasteiger partial charge in [0.05, 0.1) is 6.07 Å². The van der Waals surface area contributed by atoms with E-state index < -0.39 is 5.92 Å². The standard InChI is InChI=1S/C11H18N2OS/c1-4-9(7-12)10(14)13-5-6-15-11(2,3)8-13/h9H,4-6,8H2,1-3H3. The minimum Gasteiger partial charge on any atom is -0.339 e. The minimum atomic E-state index is -0.455. The quantitative estimate of drug-likeness (QED) is 0.722. The number of thioether (sulfide) groups is 1. The monoisotopic (exact) mass is 226 g/mol. The lowest BCUT2D eigenvalue weighted by Crippen LogP contribution is -2.48. The molecule has 0 aromatic carbocycles. The number of amides is 1. The smallest absolute Gasteiger partial charge is 0.239 e. The van der Waals surface area contributed by atoms with Crippen molar-refractivity contribution in [2.45, 2.75) is 31.9 Å². The maximum absolute atomic E-state index is 11.9. The Hall–Kier alpha value is -0.690. The van der Waals surface area contributed by atoms with Crippen LogP contribution in [0.15, 0.2) is 0 Å². The first kappa shape index (κ1) is 12.4. The van der Waals surface area contributed by atoms with E-state index in [4.69, 9.17) is 5.26 Å². The summed E-state index contributed by atoms with van der Waals surface area (Å²) in [6.45, 7) is 7.71. The maximum Gasteiger partial charge on any atom is 0.239 e. The number of carbonyl (C=O) groups excluding carboxylic acids is 1. The number of carbonyl (C=O) groups is 1. The van der Waals surface area contributed by atoms with Crippen LogP contribution in [0.5, 0.6) is 0 Å². The molecule has 1 aliphatic heterocycles. The predicted molar refractivity (Wildman–Crippen MR) is 62.5 cm³/mol. The highest BCUT2D eigenvalue weighted by Crippen LogP contribution is 2.30. The number of hydrogen-bond acceptors (Lipinski definition) is 3. The van der Waals surface area contributed by atoms with Crippen LogP contribution >= 0.6 is 11.8 Å². The van der Waals surface area contributed by atoms with E-state index in [0.29, 0.717) is 6.42 Å². The van der Waals surface area contributed by atoms with E-state index in [0.717, 1.165) is 18.8 Å². The van der Waals surface area contributed by atoms with Crippen molar-refractivity contribution in [1.82, 2.24) is 4.90 Å². The topological polar surface area (TPSA) is 44.1 Å². The van der Waals surface area contributed by atoms with Crippen LogP contribution < -0.4 is 0 Å². The van der Waals surface area contributed by atoms with Crippen LogP contribution in [0.4, 0.5) is 0 Å². The molecule has 0 bridgehead atoms. The number of rotatable bonds is 2. The van der Waals surface area contributed by atoms with Crippen molar-refractivity contribution >= 4 is 17.7 Å². The van der Waals surface area contributed by atoms with Crippen LogP contribution in [0.1, 0.15) is 27.2 Å². The molecular weight excluding hydrogens is 208 g/mol. The largest absolute Gasteiger partial charge is 0.339 e. The molecule has 0 aliphatic carbocycles. The van der Waals surface area contributed by atoms with Gasteiger partial charge in [-0.3, -0.25) is 4.79 Å². The molecule has 0 radical (unpaired) electrons. The Morgan fingerprint density at radius 1 is 1.67 bits per heavy atom. The summed E-state index contributed by atoms with van der Waals surface area (Å²) in [6.07, 6.45) is 0.611. The highest BCUT2D eigenvalue weighted by atomic mass is 32.2. The second kappa shape index (κ2) is 4.89. The second-order valence-electron chi connectivity index (χ2n) is 4.46. The Bertz CT molecular complexity index is 283. The molecule has 1 atom stereocenters. The van der Waals surface area contributed by atoms with E-state index in [1.807, 2.05) is 23.6 Å². The Kier molecular flexibility index (Phi) is 4.04. The first-order chi connectivity index (χ1) is 7.00. The van der Waals surface area contributed by atoms with E-state index in [-0.39, 0.29) is 10.7 Å². The molecular formula is C11H18N2OS. The van der Waals surface area contributed by atoms with E-state index in [9.17, 15) is 4.79 Å². The molecule has 4 heteroatoms. The van der Waals surface area contributed by atoms with Crippen molar-refractivity contribution in [3.63, 3.8) is 0 Å². The number of nitrogens with zero attached hydrogens (tertiary/aromatic N) is 2. The van der Waals surface area contributed by atoms with Crippen molar-refractivity contribution in [2.75, 3.05) is 18.8 Å². The van der Waals surface area contributed by atoms with Gasteiger partial charge >= 0.3 is 0 Å². The predicted octanol–water partition coefficient (Wildman–Crippen LogP) is 1.89. The van der Waals surface area contributed by atoms with Gasteiger partial charge < -0.3 is 4.90 Å². The Morgan fingerprint density at radius 3 is 2.80 bits per heavy atom. The summed E-state index contributed by atoms with van der Waals surface area (Å²) in [5.74, 6) is 0.526. The van der Waals surface area contributed by atoms with Crippen LogP contribution in [0.25, 0.3) is 0 Å². The van der Waals surface area contributed by atoms with Gasteiger partial charge in [0.25, 0.3) is 0 Å². The van der Waals surface area contributed by atoms with Gasteiger partial charge in [0.1, 0.15) is 5.92 Å². The van der Waals surface area contributed by atoms with Gasteiger partial charge in [0, 0.05) is 23.6 Å². The second-order valence-corrected chi connectivity index (χ2v) is 6.26. The van der Waals surface area contributed by atoms with Crippen molar-refractivity contribution in [3.05, 3.63) is 0 Å². The van der Waals surface area contributed by atoms with Crippen LogP contribution in [-0.4, -0.2) is 34.4 Å². The zero-order valence-corrected chi connectivity index (χ0v) is 10.4. The molecule has 1 amide bonds. The van der Waals surface area contributed by atoms with Gasteiger partial charge in [0.2, 0.25) is 5.91 Å². The molecule has 0 saturated carbocycles. The van der Waals surface area contributed by atoms with Gasteiger partial charge in [0.15, 0.2) is 0 Å². The molecule has 0 N–H and O–H groups in total. The van der Waals surface area contributed by atoms with Crippen LogP contribution in [0, 0.1) is 17.2 Å². The molecule has 0 aromatic heterocycles. The van der Waals surface area contributed by atoms with Gasteiger partial charge in [-0.25, -0.2) is 0 Å². The molecule has 1 aliphatic rings. The molecule has 15 heavy (non-hydrogen) atoms. The Balaban J connectivity index is 2.64. The first-order valence-corrected chi connectivity index (χ1v) is 6.31. The van der Waals surface area contributed by atoms with Crippen molar-refractivity contribution < 1.29 is 4.79 Å². The molecule has 84 valence electrons. The summed E-state index contributed by atoms with van der Waals surface area (Å²) in [7, 11) is 0. The van der Waals surface area contributed by atoms with Crippen molar-refractivity contribution in [3.8, 4) is 6.07 Å². The first-order valence-electron chi connectivity index (χ1n) is 5.32. The Morgan fingerprint density at radius 2 is 2.33 bits per heavy atom. The molecule has 1 rings (SSSR count). The minimum absolute atomic E-state index is 0.00775. The fourth-order valence-electron chi connectivity index (χ4n) is 1.75. The number of nitriles is 1. The molecule has 1 unspecified atom stereocenters. The van der Waals surface area contributed by atoms with Gasteiger partial charge in [-0.15, -0.1) is 0 Å². The lowest BCUT2D eigenvalue weighted by atomic mass is 10.1. The van der Waals surface area contributed by atoms with Crippen molar-refractivity contribution in [2.24, 2.45) is 5.92 Å². The zero-order chi connectivity index (χ0) is 11.5. The fourth-order valence-corrected chi connectivity index (χ4v) is 2.86. The van der Waals surface area contributed by atoms with Gasteiger partial charge in [-0.1, -0.05) is 6.92 Å². The van der Waals surface area contributed by atoms with E-state index >= 15 is 0 Å². The summed E-state index contributed by atoms with van der Waals surface area (Å²) in [6, 6.07) is 2.08. The third-order valence-electron chi connectivity index (χ3n) is 2.60. The molecule has 1 saturated heterocycles. The average molecular weight is 226 g/mol. The normalized spacial score (nSPS) is 21.9. The number of hydrogen-bond donors (Lipinski definition) is 0. The Labute approximate surface area is 95.8 Å². The molecule has 0 spiro atoms. The third kappa shape index (κ3) is 3.13. The lowest BCUT2D eigenvalue weighted by molar-refractivity contribution is -0.134. The summed E-state index contributed by atoms with van der Waals surface area (Å²) < 4.78 is 0.127. The van der Waals surface area contributed by atoms with Crippen LogP contribution in [-0.2, 0) is 4.79 Å². The van der Waals surface area contributed by atoms with Crippen molar-refractivity contribution in [1.29, 1.82) is 5.26 Å². The lowest BCUT2D eigenvalue weighted by Gasteiger charge is -2.38. The zero-order valence-electron chi connectivity index (χ0n) is 9.62. The molecule has 1 heterocycles. The fraction of sp³-hybridized carbons (Fsp3) is 0.818. The maximum atomic E-state index is 11.9. The molecule has 0 aromatic rings. The summed E-state index contributed by atoms with van der Waals surface area (Å²) >= 11 is 1.89. The van der Waals surface area contributed by atoms with Gasteiger partial charge in [-0.2, -0.15) is 17.0 Å². The van der Waals surface area contributed by atoms with E-state index in [1.54, 1.807) is 0 Å². The summed E-state index contributed by atoms with van der Waals surface area (Å²) in [5.41, 5.74) is 0. The third-order valence-corrected chi connectivity index (χ3v) is 3.90. The SMILES string of the molecule is CCC(C#N)C(=O)N1CCSC(C)(C)C1. The van der Waals surface area contributed by atoms with E-state index in [2.05, 4.69) is 19.9 Å². The van der Waals surface area contributed by atoms with Crippen LogP contribution in [0.3, 0.4) is 0 Å².